The highest BCUT2D eigenvalue weighted by atomic mass is 35.5. The zero-order chi connectivity index (χ0) is 18.2. The number of anilines is 1. The van der Waals surface area contributed by atoms with E-state index in [1.807, 2.05) is 16.4 Å². The van der Waals surface area contributed by atoms with Crippen LogP contribution in [0.2, 0.25) is 0 Å². The first kappa shape index (κ1) is 18.3. The van der Waals surface area contributed by atoms with Gasteiger partial charge in [-0.2, -0.15) is 0 Å². The van der Waals surface area contributed by atoms with Crippen molar-refractivity contribution in [1.82, 2.24) is 8.94 Å². The summed E-state index contributed by atoms with van der Waals surface area (Å²) < 4.78 is 25.5. The van der Waals surface area contributed by atoms with E-state index in [0.29, 0.717) is 41.5 Å². The molecule has 1 saturated heterocycles. The normalized spacial score (nSPS) is 21.5. The molecule has 0 amide bonds. The van der Waals surface area contributed by atoms with Gasteiger partial charge in [0.25, 0.3) is 5.56 Å². The van der Waals surface area contributed by atoms with E-state index >= 15 is 4.39 Å². The lowest BCUT2D eigenvalue weighted by atomic mass is 10.1. The van der Waals surface area contributed by atoms with Gasteiger partial charge < -0.3 is 19.9 Å². The standard InChI is InChI=1S/C17H17FN4O3S.ClH/c1-7-6-25-15-12-9(4-10(18)13(15)21-3-2-8(19)5-21)14(23)11-16(24)20-26-17(11)22(7)12;/h4,7-8H,2-3,5-6,19H2,1H3,(H,20,24);1H. The molecule has 1 aromatic carbocycles. The Morgan fingerprint density at radius 2 is 2.19 bits per heavy atom. The summed E-state index contributed by atoms with van der Waals surface area (Å²) in [6.45, 7) is 3.46. The second-order valence-corrected chi connectivity index (χ2v) is 7.79. The van der Waals surface area contributed by atoms with E-state index in [1.165, 1.54) is 6.07 Å². The second kappa shape index (κ2) is 6.22. The van der Waals surface area contributed by atoms with Gasteiger partial charge in [0.1, 0.15) is 22.5 Å². The molecule has 2 atom stereocenters. The highest BCUT2D eigenvalue weighted by Crippen LogP contribution is 2.43. The van der Waals surface area contributed by atoms with Gasteiger partial charge >= 0.3 is 0 Å². The van der Waals surface area contributed by atoms with E-state index in [-0.39, 0.29) is 35.3 Å². The fourth-order valence-electron chi connectivity index (χ4n) is 4.04. The SMILES string of the molecule is CC1COc2c(N3CCC(N)C3)c(F)cc3c(=O)c4c(=O)[nH]sc4n1c23.Cl. The minimum atomic E-state index is -0.522. The summed E-state index contributed by atoms with van der Waals surface area (Å²) in [5, 5.41) is 0.255. The topological polar surface area (TPSA) is 93.3 Å². The van der Waals surface area contributed by atoms with Crippen LogP contribution in [0.5, 0.6) is 5.75 Å². The maximum absolute atomic E-state index is 15.0. The summed E-state index contributed by atoms with van der Waals surface area (Å²) in [5.74, 6) is -0.155. The van der Waals surface area contributed by atoms with E-state index in [0.717, 1.165) is 18.0 Å². The molecule has 1 fully saturated rings. The molecule has 10 heteroatoms. The van der Waals surface area contributed by atoms with Crippen molar-refractivity contribution in [3.63, 3.8) is 0 Å². The predicted molar refractivity (Wildman–Crippen MR) is 106 cm³/mol. The first-order valence-electron chi connectivity index (χ1n) is 8.52. The van der Waals surface area contributed by atoms with Gasteiger partial charge in [0, 0.05) is 19.1 Å². The smallest absolute Gasteiger partial charge is 0.271 e. The third kappa shape index (κ3) is 2.41. The van der Waals surface area contributed by atoms with Gasteiger partial charge in [0.05, 0.1) is 16.9 Å². The van der Waals surface area contributed by atoms with Crippen molar-refractivity contribution in [2.24, 2.45) is 5.73 Å². The first-order valence-corrected chi connectivity index (χ1v) is 9.34. The van der Waals surface area contributed by atoms with E-state index in [4.69, 9.17) is 10.5 Å². The van der Waals surface area contributed by atoms with E-state index in [9.17, 15) is 9.59 Å². The van der Waals surface area contributed by atoms with Gasteiger partial charge in [-0.1, -0.05) is 0 Å². The van der Waals surface area contributed by atoms with Crippen molar-refractivity contribution in [2.75, 3.05) is 24.6 Å². The van der Waals surface area contributed by atoms with Gasteiger partial charge in [-0.3, -0.25) is 14.0 Å². The Bertz CT molecular complexity index is 1190. The summed E-state index contributed by atoms with van der Waals surface area (Å²) in [7, 11) is 0. The number of aromatic amines is 1. The lowest BCUT2D eigenvalue weighted by Crippen LogP contribution is -2.30. The van der Waals surface area contributed by atoms with Crippen LogP contribution in [0.3, 0.4) is 0 Å². The Labute approximate surface area is 163 Å². The number of pyridine rings is 1. The molecule has 0 radical (unpaired) electrons. The molecule has 7 nitrogen and oxygen atoms in total. The average Bonchev–Trinajstić information content (AvgIpc) is 3.19. The minimum Gasteiger partial charge on any atom is -0.487 e. The Balaban J connectivity index is 0.00000180. The van der Waals surface area contributed by atoms with Crippen LogP contribution in [0.25, 0.3) is 21.1 Å². The zero-order valence-corrected chi connectivity index (χ0v) is 16.1. The third-order valence-electron chi connectivity index (χ3n) is 5.25. The van der Waals surface area contributed by atoms with Crippen LogP contribution in [-0.4, -0.2) is 34.7 Å². The fourth-order valence-corrected chi connectivity index (χ4v) is 4.99. The van der Waals surface area contributed by atoms with E-state index in [1.54, 1.807) is 0 Å². The van der Waals surface area contributed by atoms with Crippen LogP contribution in [0, 0.1) is 5.82 Å². The molecule has 3 N–H and O–H groups in total. The number of hydrogen-bond acceptors (Lipinski definition) is 6. The highest BCUT2D eigenvalue weighted by Gasteiger charge is 2.32. The molecule has 2 aliphatic heterocycles. The van der Waals surface area contributed by atoms with Crippen molar-refractivity contribution in [3.8, 4) is 5.75 Å². The Morgan fingerprint density at radius 3 is 2.89 bits per heavy atom. The molecule has 3 aromatic rings. The second-order valence-electron chi connectivity index (χ2n) is 7.00. The number of benzene rings is 1. The van der Waals surface area contributed by atoms with Crippen LogP contribution < -0.4 is 26.4 Å². The summed E-state index contributed by atoms with van der Waals surface area (Å²) in [4.78, 5) is 27.4. The molecule has 2 aromatic heterocycles. The van der Waals surface area contributed by atoms with Crippen LogP contribution in [0.15, 0.2) is 15.7 Å². The predicted octanol–water partition coefficient (Wildman–Crippen LogP) is 1.96. The molecular weight excluding hydrogens is 395 g/mol. The van der Waals surface area contributed by atoms with Crippen molar-refractivity contribution in [2.45, 2.75) is 25.4 Å². The van der Waals surface area contributed by atoms with E-state index < -0.39 is 16.8 Å². The molecule has 144 valence electrons. The van der Waals surface area contributed by atoms with Crippen molar-refractivity contribution in [3.05, 3.63) is 32.5 Å². The molecule has 2 unspecified atom stereocenters. The summed E-state index contributed by atoms with van der Waals surface area (Å²) >= 11 is 1.13. The molecule has 4 heterocycles. The van der Waals surface area contributed by atoms with Crippen LogP contribution >= 0.6 is 23.9 Å². The van der Waals surface area contributed by atoms with Crippen LogP contribution in [0.1, 0.15) is 19.4 Å². The van der Waals surface area contributed by atoms with Crippen LogP contribution in [0.4, 0.5) is 10.1 Å². The monoisotopic (exact) mass is 412 g/mol. The molecule has 27 heavy (non-hydrogen) atoms. The molecular formula is C17H18ClFN4O3S. The Morgan fingerprint density at radius 1 is 1.41 bits per heavy atom. The third-order valence-corrected chi connectivity index (χ3v) is 6.13. The van der Waals surface area contributed by atoms with Crippen molar-refractivity contribution < 1.29 is 9.13 Å². The summed E-state index contributed by atoms with van der Waals surface area (Å²) in [5.41, 5.74) is 5.99. The van der Waals surface area contributed by atoms with Gasteiger partial charge in [-0.15, -0.1) is 12.4 Å². The van der Waals surface area contributed by atoms with Crippen LogP contribution in [-0.2, 0) is 0 Å². The number of fused-ring (bicyclic) bond motifs is 2. The molecule has 0 aliphatic carbocycles. The maximum atomic E-state index is 15.0. The number of nitrogens with one attached hydrogen (secondary N) is 1. The summed E-state index contributed by atoms with van der Waals surface area (Å²) in [6.07, 6.45) is 0.776. The molecule has 2 aliphatic rings. The zero-order valence-electron chi connectivity index (χ0n) is 14.5. The first-order chi connectivity index (χ1) is 12.5. The number of nitrogens with two attached hydrogens (primary N) is 1. The molecule has 5 rings (SSSR count). The Kier molecular flexibility index (Phi) is 4.21. The fraction of sp³-hybridized carbons (Fsp3) is 0.412. The minimum absolute atomic E-state index is 0. The van der Waals surface area contributed by atoms with E-state index in [2.05, 4.69) is 4.37 Å². The van der Waals surface area contributed by atoms with Gasteiger partial charge in [-0.05, 0) is 30.9 Å². The number of aromatic nitrogens is 2. The lowest BCUT2D eigenvalue weighted by Gasteiger charge is -2.31. The number of H-pyrrole nitrogens is 1. The van der Waals surface area contributed by atoms with Crippen molar-refractivity contribution >= 4 is 50.7 Å². The number of hydrogen-bond donors (Lipinski definition) is 2. The summed E-state index contributed by atoms with van der Waals surface area (Å²) in [6, 6.07) is 1.13. The Hall–Kier alpha value is -2.10. The molecule has 0 spiro atoms. The van der Waals surface area contributed by atoms with Gasteiger partial charge in [-0.25, -0.2) is 4.39 Å². The molecule has 0 bridgehead atoms. The largest absolute Gasteiger partial charge is 0.487 e. The molecule has 0 saturated carbocycles. The van der Waals surface area contributed by atoms with Crippen molar-refractivity contribution in [1.29, 1.82) is 0 Å². The number of nitrogens with zero attached hydrogens (tertiary/aromatic N) is 2. The lowest BCUT2D eigenvalue weighted by molar-refractivity contribution is 0.250. The average molecular weight is 413 g/mol. The number of rotatable bonds is 1. The quantitative estimate of drug-likeness (QED) is 0.637. The number of ether oxygens (including phenoxy) is 1. The highest BCUT2D eigenvalue weighted by molar-refractivity contribution is 7.12. The maximum Gasteiger partial charge on any atom is 0.271 e. The number of halogens is 2. The van der Waals surface area contributed by atoms with Gasteiger partial charge in [0.15, 0.2) is 11.6 Å². The van der Waals surface area contributed by atoms with Gasteiger partial charge in [0.2, 0.25) is 5.43 Å².